The summed E-state index contributed by atoms with van der Waals surface area (Å²) >= 11 is 1.26. The number of hydrogen-bond donors (Lipinski definition) is 0. The first kappa shape index (κ1) is 17.0. The number of carbonyl (C=O) groups excluding carboxylic acids is 1. The van der Waals surface area contributed by atoms with Gasteiger partial charge >= 0.3 is 11.1 Å². The Morgan fingerprint density at radius 1 is 1.50 bits per heavy atom. The molecule has 0 aromatic carbocycles. The lowest BCUT2D eigenvalue weighted by Crippen LogP contribution is -2.50. The first-order valence-electron chi connectivity index (χ1n) is 7.56. The molecule has 9 heteroatoms. The standard InChI is InChI=1S/C15H20N4O4S/c1-15(2,3)13-16-17-14(24-13)19(21)9-18(4)8-11(19)23-12(20)10-6-5-7-22-10/h5-7,11H,8-9H2,1-4H3. The van der Waals surface area contributed by atoms with Crippen molar-refractivity contribution in [2.75, 3.05) is 20.3 Å². The number of ether oxygens (including phenoxy) is 1. The maximum atomic E-state index is 13.4. The maximum absolute atomic E-state index is 13.4. The van der Waals surface area contributed by atoms with Gasteiger partial charge in [-0.1, -0.05) is 25.9 Å². The minimum Gasteiger partial charge on any atom is -0.622 e. The molecule has 0 bridgehead atoms. The van der Waals surface area contributed by atoms with Crippen molar-refractivity contribution in [1.29, 1.82) is 0 Å². The van der Waals surface area contributed by atoms with Crippen molar-refractivity contribution in [3.8, 4) is 0 Å². The van der Waals surface area contributed by atoms with E-state index in [1.807, 2.05) is 25.7 Å². The van der Waals surface area contributed by atoms with Crippen LogP contribution in [0.4, 0.5) is 5.13 Å². The second kappa shape index (κ2) is 5.92. The number of carbonyl (C=O) groups is 1. The maximum Gasteiger partial charge on any atom is 0.378 e. The van der Waals surface area contributed by atoms with Gasteiger partial charge in [-0.2, -0.15) is 0 Å². The Morgan fingerprint density at radius 3 is 2.83 bits per heavy atom. The van der Waals surface area contributed by atoms with Gasteiger partial charge in [-0.15, -0.1) is 5.10 Å². The average Bonchev–Trinajstić information content (AvgIpc) is 3.19. The second-order valence-electron chi connectivity index (χ2n) is 6.95. The Bertz CT molecular complexity index is 724. The van der Waals surface area contributed by atoms with Crippen LogP contribution in [-0.2, 0) is 10.2 Å². The van der Waals surface area contributed by atoms with Crippen LogP contribution >= 0.6 is 11.3 Å². The zero-order chi connectivity index (χ0) is 17.5. The number of quaternary nitrogens is 1. The van der Waals surface area contributed by atoms with Gasteiger partial charge in [-0.3, -0.25) is 4.65 Å². The van der Waals surface area contributed by atoms with Gasteiger partial charge < -0.3 is 14.4 Å². The summed E-state index contributed by atoms with van der Waals surface area (Å²) < 4.78 is 9.60. The Kier molecular flexibility index (Phi) is 4.20. The monoisotopic (exact) mass is 352 g/mol. The van der Waals surface area contributed by atoms with Crippen LogP contribution in [0.15, 0.2) is 22.8 Å². The lowest BCUT2D eigenvalue weighted by atomic mass is 9.98. The normalized spacial score (nSPS) is 25.1. The summed E-state index contributed by atoms with van der Waals surface area (Å²) in [6.45, 7) is 6.50. The van der Waals surface area contributed by atoms with Crippen LogP contribution in [0.25, 0.3) is 0 Å². The molecule has 1 aliphatic heterocycles. The fourth-order valence-corrected chi connectivity index (χ4v) is 3.43. The molecule has 24 heavy (non-hydrogen) atoms. The predicted molar refractivity (Wildman–Crippen MR) is 89.2 cm³/mol. The average molecular weight is 352 g/mol. The largest absolute Gasteiger partial charge is 0.622 e. The highest BCUT2D eigenvalue weighted by Gasteiger charge is 2.46. The topological polar surface area (TPSA) is 91.5 Å². The van der Waals surface area contributed by atoms with E-state index in [1.165, 1.54) is 23.7 Å². The lowest BCUT2D eigenvalue weighted by Gasteiger charge is -2.38. The highest BCUT2D eigenvalue weighted by atomic mass is 32.1. The molecule has 0 amide bonds. The zero-order valence-corrected chi connectivity index (χ0v) is 14.9. The third kappa shape index (κ3) is 3.07. The molecule has 2 atom stereocenters. The van der Waals surface area contributed by atoms with Crippen LogP contribution in [0, 0.1) is 5.21 Å². The van der Waals surface area contributed by atoms with Gasteiger partial charge in [-0.05, 0) is 30.5 Å². The second-order valence-corrected chi connectivity index (χ2v) is 7.91. The molecule has 0 saturated carbocycles. The number of esters is 1. The van der Waals surface area contributed by atoms with Gasteiger partial charge in [0.25, 0.3) is 6.23 Å². The third-order valence-corrected chi connectivity index (χ3v) is 5.19. The Hall–Kier alpha value is -1.81. The van der Waals surface area contributed by atoms with Gasteiger partial charge in [0.1, 0.15) is 11.7 Å². The first-order valence-corrected chi connectivity index (χ1v) is 8.38. The van der Waals surface area contributed by atoms with Gasteiger partial charge in [-0.25, -0.2) is 9.69 Å². The lowest BCUT2D eigenvalue weighted by molar-refractivity contribution is 0.00247. The Labute approximate surface area is 143 Å². The van der Waals surface area contributed by atoms with E-state index in [-0.39, 0.29) is 17.8 Å². The highest BCUT2D eigenvalue weighted by Crippen LogP contribution is 2.37. The highest BCUT2D eigenvalue weighted by molar-refractivity contribution is 7.15. The molecule has 0 spiro atoms. The Balaban J connectivity index is 1.86. The summed E-state index contributed by atoms with van der Waals surface area (Å²) in [5.41, 5.74) is -0.193. The molecule has 8 nitrogen and oxygen atoms in total. The molecule has 0 N–H and O–H groups in total. The summed E-state index contributed by atoms with van der Waals surface area (Å²) in [7, 11) is 1.80. The molecule has 1 saturated heterocycles. The molecule has 2 unspecified atom stereocenters. The molecule has 3 rings (SSSR count). The van der Waals surface area contributed by atoms with E-state index in [2.05, 4.69) is 10.2 Å². The van der Waals surface area contributed by atoms with E-state index in [0.29, 0.717) is 11.7 Å². The van der Waals surface area contributed by atoms with E-state index < -0.39 is 16.8 Å². The van der Waals surface area contributed by atoms with E-state index in [4.69, 9.17) is 9.15 Å². The summed E-state index contributed by atoms with van der Waals surface area (Å²) in [5, 5.41) is 22.7. The zero-order valence-electron chi connectivity index (χ0n) is 14.1. The number of hydroxylamine groups is 2. The van der Waals surface area contributed by atoms with Crippen LogP contribution in [0.3, 0.4) is 0 Å². The van der Waals surface area contributed by atoms with E-state index in [0.717, 1.165) is 5.01 Å². The van der Waals surface area contributed by atoms with Crippen molar-refractivity contribution in [2.45, 2.75) is 32.4 Å². The quantitative estimate of drug-likeness (QED) is 0.475. The van der Waals surface area contributed by atoms with Crippen LogP contribution < -0.4 is 4.65 Å². The Morgan fingerprint density at radius 2 is 2.25 bits per heavy atom. The summed E-state index contributed by atoms with van der Waals surface area (Å²) in [5.74, 6) is -0.581. The summed E-state index contributed by atoms with van der Waals surface area (Å²) in [6.07, 6.45) is 0.477. The van der Waals surface area contributed by atoms with Gasteiger partial charge in [0.05, 0.1) is 12.8 Å². The predicted octanol–water partition coefficient (Wildman–Crippen LogP) is 2.32. The molecule has 2 aromatic heterocycles. The molecule has 130 valence electrons. The minimum absolute atomic E-state index is 0.0729. The fraction of sp³-hybridized carbons (Fsp3) is 0.533. The number of furan rings is 1. The summed E-state index contributed by atoms with van der Waals surface area (Å²) in [4.78, 5) is 13.9. The number of hydrogen-bond acceptors (Lipinski definition) is 8. The van der Waals surface area contributed by atoms with Crippen molar-refractivity contribution in [2.24, 2.45) is 0 Å². The summed E-state index contributed by atoms with van der Waals surface area (Å²) in [6, 6.07) is 3.10. The molecule has 3 heterocycles. The van der Waals surface area contributed by atoms with Gasteiger partial charge in [0, 0.05) is 5.41 Å². The van der Waals surface area contributed by atoms with Crippen molar-refractivity contribution in [3.05, 3.63) is 34.4 Å². The van der Waals surface area contributed by atoms with Crippen molar-refractivity contribution >= 4 is 22.4 Å². The molecule has 1 aliphatic rings. The van der Waals surface area contributed by atoms with Crippen LogP contribution in [0.1, 0.15) is 36.3 Å². The van der Waals surface area contributed by atoms with Crippen LogP contribution in [-0.4, -0.2) is 47.6 Å². The first-order chi connectivity index (χ1) is 11.2. The minimum atomic E-state index is -0.909. The molecule has 1 fully saturated rings. The smallest absolute Gasteiger partial charge is 0.378 e. The number of aromatic nitrogens is 2. The molecule has 0 radical (unpaired) electrons. The number of nitrogens with zero attached hydrogens (tertiary/aromatic N) is 4. The molecule has 2 aromatic rings. The molecular formula is C15H20N4O4S. The van der Waals surface area contributed by atoms with E-state index in [1.54, 1.807) is 13.1 Å². The molecule has 0 aliphatic carbocycles. The molecular weight excluding hydrogens is 332 g/mol. The SMILES string of the molecule is CN1CC(OC(=O)c2ccco2)[N+]([O-])(c2nnc(C(C)(C)C)s2)C1. The van der Waals surface area contributed by atoms with Gasteiger partial charge in [0.15, 0.2) is 0 Å². The van der Waals surface area contributed by atoms with E-state index in [9.17, 15) is 10.0 Å². The number of rotatable bonds is 3. The third-order valence-electron chi connectivity index (χ3n) is 3.73. The van der Waals surface area contributed by atoms with Crippen LogP contribution in [0.2, 0.25) is 0 Å². The van der Waals surface area contributed by atoms with Crippen molar-refractivity contribution in [1.82, 2.24) is 19.7 Å². The fourth-order valence-electron chi connectivity index (χ4n) is 2.46. The van der Waals surface area contributed by atoms with Gasteiger partial charge in [0.2, 0.25) is 5.76 Å². The van der Waals surface area contributed by atoms with Crippen molar-refractivity contribution < 1.29 is 13.9 Å². The van der Waals surface area contributed by atoms with E-state index >= 15 is 0 Å². The van der Waals surface area contributed by atoms with Crippen LogP contribution in [0.5, 0.6) is 0 Å². The number of likely N-dealkylation sites (N-methyl/N-ethyl adjacent to an activating group) is 1. The van der Waals surface area contributed by atoms with Crippen molar-refractivity contribution in [3.63, 3.8) is 0 Å².